The number of halogens is 2. The molecule has 16 heavy (non-hydrogen) atoms. The Balaban J connectivity index is 2.60. The van der Waals surface area contributed by atoms with Gasteiger partial charge in [-0.05, 0) is 28.1 Å². The van der Waals surface area contributed by atoms with Gasteiger partial charge >= 0.3 is 5.97 Å². The van der Waals surface area contributed by atoms with Crippen molar-refractivity contribution in [3.63, 3.8) is 0 Å². The lowest BCUT2D eigenvalue weighted by Crippen LogP contribution is -2.27. The zero-order valence-corrected chi connectivity index (χ0v) is 9.36. The first kappa shape index (κ1) is 10.9. The topological polar surface area (TPSA) is 66.7 Å². The number of ketones is 1. The lowest BCUT2D eigenvalue weighted by Gasteiger charge is -2.15. The summed E-state index contributed by atoms with van der Waals surface area (Å²) < 4.78 is 13.4. The number of nitrogens with zero attached hydrogens (tertiary/aromatic N) is 1. The second-order valence-electron chi connectivity index (χ2n) is 3.24. The van der Waals surface area contributed by atoms with E-state index in [2.05, 4.69) is 20.9 Å². The molecule has 0 radical (unpaired) electrons. The monoisotopic (exact) mass is 285 g/mol. The van der Waals surface area contributed by atoms with Crippen LogP contribution in [0.15, 0.2) is 21.6 Å². The molecule has 1 unspecified atom stereocenters. The summed E-state index contributed by atoms with van der Waals surface area (Å²) in [6, 6.07) is 2.17. The summed E-state index contributed by atoms with van der Waals surface area (Å²) in [4.78, 5) is 26.3. The fourth-order valence-electron chi connectivity index (χ4n) is 1.45. The number of hydrogen-bond acceptors (Lipinski definition) is 3. The molecule has 0 amide bonds. The minimum absolute atomic E-state index is 0.0122. The highest BCUT2D eigenvalue weighted by Gasteiger charge is 2.31. The second kappa shape index (κ2) is 3.79. The number of carboxylic acids is 1. The maximum absolute atomic E-state index is 13.1. The number of aliphatic imine (C=N–C) groups is 1. The van der Waals surface area contributed by atoms with Crippen molar-refractivity contribution in [2.75, 3.05) is 0 Å². The van der Waals surface area contributed by atoms with Gasteiger partial charge in [0.15, 0.2) is 11.7 Å². The van der Waals surface area contributed by atoms with Crippen LogP contribution in [0.4, 0.5) is 10.1 Å². The zero-order valence-electron chi connectivity index (χ0n) is 7.78. The highest BCUT2D eigenvalue weighted by atomic mass is 79.9. The van der Waals surface area contributed by atoms with Crippen LogP contribution in [0.2, 0.25) is 0 Å². The van der Waals surface area contributed by atoms with Crippen molar-refractivity contribution >= 4 is 39.6 Å². The predicted molar refractivity (Wildman–Crippen MR) is 57.7 cm³/mol. The van der Waals surface area contributed by atoms with Crippen LogP contribution < -0.4 is 0 Å². The van der Waals surface area contributed by atoms with E-state index in [1.807, 2.05) is 0 Å². The molecule has 0 saturated heterocycles. The number of hydrogen-bond donors (Lipinski definition) is 1. The molecular weight excluding hydrogens is 281 g/mol. The van der Waals surface area contributed by atoms with Crippen LogP contribution in [-0.4, -0.2) is 23.1 Å². The van der Waals surface area contributed by atoms with E-state index < -0.39 is 23.5 Å². The molecule has 1 aromatic carbocycles. The Kier molecular flexibility index (Phi) is 2.59. The molecule has 1 aliphatic rings. The number of aliphatic carboxylic acids is 1. The molecule has 0 bridgehead atoms. The minimum atomic E-state index is -1.33. The van der Waals surface area contributed by atoms with Crippen molar-refractivity contribution < 1.29 is 19.1 Å². The molecule has 1 N–H and O–H groups in total. The first-order valence-corrected chi connectivity index (χ1v) is 5.10. The van der Waals surface area contributed by atoms with E-state index in [-0.39, 0.29) is 11.3 Å². The third kappa shape index (κ3) is 1.65. The average Bonchev–Trinajstić information content (AvgIpc) is 2.19. The van der Waals surface area contributed by atoms with Gasteiger partial charge in [0.2, 0.25) is 0 Å². The smallest absolute Gasteiger partial charge is 0.319 e. The predicted octanol–water partition coefficient (Wildman–Crippen LogP) is 2.19. The lowest BCUT2D eigenvalue weighted by molar-refractivity contribution is -0.137. The quantitative estimate of drug-likeness (QED) is 0.805. The number of Topliss-reactive ketones (excluding diaryl/α,β-unsaturated/α-hetero) is 1. The Morgan fingerprint density at radius 1 is 1.50 bits per heavy atom. The van der Waals surface area contributed by atoms with Crippen LogP contribution in [0.1, 0.15) is 10.4 Å². The lowest BCUT2D eigenvalue weighted by atomic mass is 9.95. The molecule has 1 aromatic rings. The zero-order chi connectivity index (χ0) is 11.9. The summed E-state index contributed by atoms with van der Waals surface area (Å²) in [6.07, 6.45) is 1.05. The molecular formula is C10H5BrFNO3. The molecule has 0 aromatic heterocycles. The minimum Gasteiger partial charge on any atom is -0.480 e. The highest BCUT2D eigenvalue weighted by Crippen LogP contribution is 2.34. The van der Waals surface area contributed by atoms with Crippen molar-refractivity contribution in [3.05, 3.63) is 28.0 Å². The van der Waals surface area contributed by atoms with Crippen molar-refractivity contribution in [2.45, 2.75) is 0 Å². The van der Waals surface area contributed by atoms with E-state index in [1.54, 1.807) is 0 Å². The summed E-state index contributed by atoms with van der Waals surface area (Å²) in [5.74, 6) is -3.89. The summed E-state index contributed by atoms with van der Waals surface area (Å²) >= 11 is 3.06. The fourth-order valence-corrected chi connectivity index (χ4v) is 1.98. The Bertz CT molecular complexity index is 527. The number of benzene rings is 1. The van der Waals surface area contributed by atoms with Crippen LogP contribution >= 0.6 is 15.9 Å². The molecule has 1 heterocycles. The van der Waals surface area contributed by atoms with E-state index in [1.165, 1.54) is 6.07 Å². The molecule has 6 heteroatoms. The van der Waals surface area contributed by atoms with E-state index in [0.29, 0.717) is 4.47 Å². The van der Waals surface area contributed by atoms with E-state index in [4.69, 9.17) is 5.11 Å². The number of carbonyl (C=O) groups is 2. The Morgan fingerprint density at radius 2 is 2.19 bits per heavy atom. The normalized spacial score (nSPS) is 18.4. The largest absolute Gasteiger partial charge is 0.480 e. The van der Waals surface area contributed by atoms with Gasteiger partial charge in [-0.1, -0.05) is 0 Å². The number of carbonyl (C=O) groups excluding carboxylic acids is 1. The molecule has 0 aliphatic carbocycles. The van der Waals surface area contributed by atoms with Crippen LogP contribution in [0.5, 0.6) is 0 Å². The molecule has 82 valence electrons. The standard InChI is InChI=1S/C10H5BrFNO3/c11-7-2-4(12)1-5-8(7)13-3-6(9(5)14)10(15)16/h1-3,6H,(H,15,16). The van der Waals surface area contributed by atoms with E-state index in [9.17, 15) is 14.0 Å². The first-order chi connectivity index (χ1) is 7.50. The van der Waals surface area contributed by atoms with Crippen LogP contribution in [0.25, 0.3) is 0 Å². The maximum atomic E-state index is 13.1. The second-order valence-corrected chi connectivity index (χ2v) is 4.10. The highest BCUT2D eigenvalue weighted by molar-refractivity contribution is 9.10. The third-order valence-corrected chi connectivity index (χ3v) is 2.80. The Morgan fingerprint density at radius 3 is 2.81 bits per heavy atom. The number of carboxylic acid groups (broad SMARTS) is 1. The first-order valence-electron chi connectivity index (χ1n) is 4.31. The van der Waals surface area contributed by atoms with Gasteiger partial charge < -0.3 is 5.11 Å². The Hall–Kier alpha value is -1.56. The number of rotatable bonds is 1. The molecule has 4 nitrogen and oxygen atoms in total. The van der Waals surface area contributed by atoms with Gasteiger partial charge in [0.05, 0.1) is 5.69 Å². The van der Waals surface area contributed by atoms with Crippen LogP contribution in [0.3, 0.4) is 0 Å². The van der Waals surface area contributed by atoms with E-state index in [0.717, 1.165) is 12.3 Å². The summed E-state index contributed by atoms with van der Waals surface area (Å²) in [5, 5.41) is 8.76. The van der Waals surface area contributed by atoms with Gasteiger partial charge in [-0.3, -0.25) is 14.6 Å². The third-order valence-electron chi connectivity index (χ3n) is 2.19. The van der Waals surface area contributed by atoms with Gasteiger partial charge in [-0.15, -0.1) is 0 Å². The Labute approximate surface area is 97.9 Å². The maximum Gasteiger partial charge on any atom is 0.319 e. The molecule has 2 rings (SSSR count). The average molecular weight is 286 g/mol. The van der Waals surface area contributed by atoms with Crippen LogP contribution in [0, 0.1) is 11.7 Å². The molecule has 1 atom stereocenters. The molecule has 0 spiro atoms. The van der Waals surface area contributed by atoms with Gasteiger partial charge in [0, 0.05) is 16.3 Å². The van der Waals surface area contributed by atoms with Gasteiger partial charge in [0.25, 0.3) is 0 Å². The molecule has 0 saturated carbocycles. The van der Waals surface area contributed by atoms with Crippen molar-refractivity contribution in [1.82, 2.24) is 0 Å². The SMILES string of the molecule is O=C(O)C1C=Nc2c(Br)cc(F)cc2C1=O. The fraction of sp³-hybridized carbons (Fsp3) is 0.100. The van der Waals surface area contributed by atoms with Crippen molar-refractivity contribution in [3.8, 4) is 0 Å². The number of fused-ring (bicyclic) bond motifs is 1. The molecule has 0 fully saturated rings. The van der Waals surface area contributed by atoms with Gasteiger partial charge in [0.1, 0.15) is 5.82 Å². The summed E-state index contributed by atoms with van der Waals surface area (Å²) in [6.45, 7) is 0. The van der Waals surface area contributed by atoms with Crippen molar-refractivity contribution in [1.29, 1.82) is 0 Å². The van der Waals surface area contributed by atoms with Gasteiger partial charge in [-0.25, -0.2) is 4.39 Å². The summed E-state index contributed by atoms with van der Waals surface area (Å²) in [7, 11) is 0. The van der Waals surface area contributed by atoms with Crippen molar-refractivity contribution in [2.24, 2.45) is 10.9 Å². The van der Waals surface area contributed by atoms with Crippen LogP contribution in [-0.2, 0) is 4.79 Å². The summed E-state index contributed by atoms with van der Waals surface area (Å²) in [5.41, 5.74) is 0.255. The molecule has 1 aliphatic heterocycles. The van der Waals surface area contributed by atoms with E-state index >= 15 is 0 Å². The van der Waals surface area contributed by atoms with Gasteiger partial charge in [-0.2, -0.15) is 0 Å².